The first kappa shape index (κ1) is 11.2. The molecule has 0 spiro atoms. The molecule has 0 amide bonds. The van der Waals surface area contributed by atoms with Crippen LogP contribution in [-0.4, -0.2) is 28.6 Å². The molecular formula is C10H11NO4. The molecule has 1 aromatic heterocycles. The fraction of sp³-hybridized carbons (Fsp3) is 0.300. The number of aryl methyl sites for hydroxylation is 1. The van der Waals surface area contributed by atoms with Gasteiger partial charge in [0.25, 0.3) is 0 Å². The van der Waals surface area contributed by atoms with Crippen molar-refractivity contribution in [3.05, 3.63) is 29.1 Å². The van der Waals surface area contributed by atoms with E-state index >= 15 is 0 Å². The van der Waals surface area contributed by atoms with Gasteiger partial charge in [-0.3, -0.25) is 0 Å². The van der Waals surface area contributed by atoms with Crippen molar-refractivity contribution in [2.24, 2.45) is 0 Å². The predicted molar refractivity (Wildman–Crippen MR) is 51.9 cm³/mol. The Bertz CT molecular complexity index is 400. The van der Waals surface area contributed by atoms with Crippen LogP contribution in [0, 0.1) is 6.92 Å². The molecule has 80 valence electrons. The highest BCUT2D eigenvalue weighted by atomic mass is 16.5. The van der Waals surface area contributed by atoms with Gasteiger partial charge in [-0.05, 0) is 25.5 Å². The van der Waals surface area contributed by atoms with E-state index in [0.717, 1.165) is 6.20 Å². The molecule has 5 heteroatoms. The number of ether oxygens (including phenoxy) is 1. The maximum Gasteiger partial charge on any atom is 0.357 e. The maximum absolute atomic E-state index is 11.3. The van der Waals surface area contributed by atoms with Gasteiger partial charge in [0.05, 0.1) is 12.2 Å². The SMILES string of the molecule is CCOC(=O)c1ncc(C(=O)O)cc1C. The number of carboxylic acids is 1. The number of hydrogen-bond donors (Lipinski definition) is 1. The van der Waals surface area contributed by atoms with Crippen LogP contribution in [-0.2, 0) is 4.74 Å². The van der Waals surface area contributed by atoms with Crippen molar-refractivity contribution in [3.63, 3.8) is 0 Å². The number of carbonyl (C=O) groups excluding carboxylic acids is 1. The summed E-state index contributed by atoms with van der Waals surface area (Å²) >= 11 is 0. The number of nitrogens with zero attached hydrogens (tertiary/aromatic N) is 1. The van der Waals surface area contributed by atoms with Crippen molar-refractivity contribution in [1.82, 2.24) is 4.98 Å². The van der Waals surface area contributed by atoms with Crippen molar-refractivity contribution in [1.29, 1.82) is 0 Å². The minimum Gasteiger partial charge on any atom is -0.478 e. The molecule has 1 aromatic rings. The number of esters is 1. The zero-order valence-corrected chi connectivity index (χ0v) is 8.48. The van der Waals surface area contributed by atoms with Crippen LogP contribution in [0.1, 0.15) is 33.3 Å². The molecule has 0 aliphatic heterocycles. The number of pyridine rings is 1. The molecule has 0 aromatic carbocycles. The third-order valence-electron chi connectivity index (χ3n) is 1.79. The fourth-order valence-corrected chi connectivity index (χ4v) is 1.10. The zero-order valence-electron chi connectivity index (χ0n) is 8.48. The summed E-state index contributed by atoms with van der Waals surface area (Å²) in [5.41, 5.74) is 0.704. The minimum atomic E-state index is -1.07. The molecular weight excluding hydrogens is 198 g/mol. The van der Waals surface area contributed by atoms with Crippen molar-refractivity contribution in [3.8, 4) is 0 Å². The lowest BCUT2D eigenvalue weighted by Crippen LogP contribution is -2.10. The highest BCUT2D eigenvalue weighted by Crippen LogP contribution is 2.09. The Kier molecular flexibility index (Phi) is 3.38. The van der Waals surface area contributed by atoms with E-state index in [1.165, 1.54) is 6.07 Å². The number of carbonyl (C=O) groups is 2. The van der Waals surface area contributed by atoms with Gasteiger partial charge in [0.15, 0.2) is 5.69 Å². The molecule has 1 N–H and O–H groups in total. The quantitative estimate of drug-likeness (QED) is 0.758. The van der Waals surface area contributed by atoms with Gasteiger partial charge < -0.3 is 9.84 Å². The van der Waals surface area contributed by atoms with Gasteiger partial charge in [0, 0.05) is 6.20 Å². The van der Waals surface area contributed by atoms with Crippen LogP contribution in [0.2, 0.25) is 0 Å². The summed E-state index contributed by atoms with van der Waals surface area (Å²) in [7, 11) is 0. The predicted octanol–water partition coefficient (Wildman–Crippen LogP) is 1.26. The molecule has 5 nitrogen and oxygen atoms in total. The van der Waals surface area contributed by atoms with Gasteiger partial charge in [0.2, 0.25) is 0 Å². The van der Waals surface area contributed by atoms with Crippen molar-refractivity contribution < 1.29 is 19.4 Å². The number of carboxylic acid groups (broad SMARTS) is 1. The largest absolute Gasteiger partial charge is 0.478 e. The first-order valence-electron chi connectivity index (χ1n) is 4.43. The third kappa shape index (κ3) is 2.52. The van der Waals surface area contributed by atoms with Gasteiger partial charge in [-0.25, -0.2) is 14.6 Å². The van der Waals surface area contributed by atoms with Crippen LogP contribution in [0.3, 0.4) is 0 Å². The van der Waals surface area contributed by atoms with Crippen LogP contribution in [0.5, 0.6) is 0 Å². The lowest BCUT2D eigenvalue weighted by molar-refractivity contribution is 0.0517. The molecule has 0 saturated heterocycles. The van der Waals surface area contributed by atoms with Gasteiger partial charge in [0.1, 0.15) is 0 Å². The Hall–Kier alpha value is -1.91. The van der Waals surface area contributed by atoms with E-state index in [2.05, 4.69) is 4.98 Å². The molecule has 0 aliphatic carbocycles. The summed E-state index contributed by atoms with van der Waals surface area (Å²) in [4.78, 5) is 25.7. The normalized spacial score (nSPS) is 9.73. The van der Waals surface area contributed by atoms with Gasteiger partial charge >= 0.3 is 11.9 Å². The number of rotatable bonds is 3. The Balaban J connectivity index is 3.03. The summed E-state index contributed by atoms with van der Waals surface area (Å²) in [5.74, 6) is -1.60. The molecule has 0 aliphatic rings. The summed E-state index contributed by atoms with van der Waals surface area (Å²) in [6.45, 7) is 3.57. The van der Waals surface area contributed by atoms with E-state index in [0.29, 0.717) is 5.56 Å². The molecule has 1 rings (SSSR count). The molecule has 0 saturated carbocycles. The average molecular weight is 209 g/mol. The molecule has 15 heavy (non-hydrogen) atoms. The van der Waals surface area contributed by atoms with Crippen molar-refractivity contribution in [2.75, 3.05) is 6.61 Å². The minimum absolute atomic E-state index is 0.0561. The van der Waals surface area contributed by atoms with E-state index in [4.69, 9.17) is 9.84 Å². The summed E-state index contributed by atoms with van der Waals surface area (Å²) in [6, 6.07) is 1.39. The van der Waals surface area contributed by atoms with Crippen LogP contribution in [0.25, 0.3) is 0 Å². The standard InChI is InChI=1S/C10H11NO4/c1-3-15-10(14)8-6(2)4-7(5-11-8)9(12)13/h4-5H,3H2,1-2H3,(H,12,13). The van der Waals surface area contributed by atoms with Crippen LogP contribution < -0.4 is 0 Å². The molecule has 0 atom stereocenters. The topological polar surface area (TPSA) is 76.5 Å². The molecule has 0 bridgehead atoms. The Morgan fingerprint density at radius 1 is 1.53 bits per heavy atom. The lowest BCUT2D eigenvalue weighted by Gasteiger charge is -2.04. The maximum atomic E-state index is 11.3. The lowest BCUT2D eigenvalue weighted by atomic mass is 10.1. The highest BCUT2D eigenvalue weighted by molar-refractivity contribution is 5.91. The third-order valence-corrected chi connectivity index (χ3v) is 1.79. The van der Waals surface area contributed by atoms with E-state index in [9.17, 15) is 9.59 Å². The number of hydrogen-bond acceptors (Lipinski definition) is 4. The van der Waals surface area contributed by atoms with Gasteiger partial charge in [-0.15, -0.1) is 0 Å². The average Bonchev–Trinajstić information content (AvgIpc) is 2.17. The van der Waals surface area contributed by atoms with Gasteiger partial charge in [-0.1, -0.05) is 0 Å². The number of aromatic carboxylic acids is 1. The van der Waals surface area contributed by atoms with E-state index in [1.54, 1.807) is 13.8 Å². The van der Waals surface area contributed by atoms with Crippen LogP contribution in [0.15, 0.2) is 12.3 Å². The van der Waals surface area contributed by atoms with Crippen molar-refractivity contribution in [2.45, 2.75) is 13.8 Å². The van der Waals surface area contributed by atoms with Crippen molar-refractivity contribution >= 4 is 11.9 Å². The van der Waals surface area contributed by atoms with Crippen LogP contribution >= 0.6 is 0 Å². The fourth-order valence-electron chi connectivity index (χ4n) is 1.10. The molecule has 0 radical (unpaired) electrons. The zero-order chi connectivity index (χ0) is 11.4. The Morgan fingerprint density at radius 2 is 2.20 bits per heavy atom. The molecule has 0 fully saturated rings. The first-order valence-corrected chi connectivity index (χ1v) is 4.43. The highest BCUT2D eigenvalue weighted by Gasteiger charge is 2.13. The second-order valence-electron chi connectivity index (χ2n) is 2.92. The van der Waals surface area contributed by atoms with Crippen LogP contribution in [0.4, 0.5) is 0 Å². The first-order chi connectivity index (χ1) is 7.06. The molecule has 1 heterocycles. The molecule has 0 unspecified atom stereocenters. The Labute approximate surface area is 86.7 Å². The summed E-state index contributed by atoms with van der Waals surface area (Å²) in [6.07, 6.45) is 1.14. The summed E-state index contributed by atoms with van der Waals surface area (Å²) < 4.78 is 4.76. The second kappa shape index (κ2) is 4.54. The number of aromatic nitrogens is 1. The summed E-state index contributed by atoms with van der Waals surface area (Å²) in [5, 5.41) is 8.69. The van der Waals surface area contributed by atoms with E-state index < -0.39 is 11.9 Å². The van der Waals surface area contributed by atoms with Gasteiger partial charge in [-0.2, -0.15) is 0 Å². The van der Waals surface area contributed by atoms with E-state index in [-0.39, 0.29) is 17.9 Å². The monoisotopic (exact) mass is 209 g/mol. The van der Waals surface area contributed by atoms with E-state index in [1.807, 2.05) is 0 Å². The smallest absolute Gasteiger partial charge is 0.357 e. The Morgan fingerprint density at radius 3 is 2.67 bits per heavy atom. The second-order valence-corrected chi connectivity index (χ2v) is 2.92.